The molecule has 4 unspecified atom stereocenters. The van der Waals surface area contributed by atoms with Crippen molar-refractivity contribution in [1.29, 1.82) is 0 Å². The molecule has 0 aliphatic rings. The van der Waals surface area contributed by atoms with E-state index in [0.717, 1.165) is 48.6 Å². The van der Waals surface area contributed by atoms with Crippen molar-refractivity contribution < 1.29 is 14.2 Å². The summed E-state index contributed by atoms with van der Waals surface area (Å²) in [5.74, 6) is 2.17. The molecule has 0 saturated heterocycles. The minimum Gasteiger partial charge on any atom is -0.497 e. The molecule has 0 heterocycles. The molecular formula is C30H48N2O3. The first-order valence-electron chi connectivity index (χ1n) is 12.9. The number of hydrogen-bond donors (Lipinski definition) is 0. The second kappa shape index (κ2) is 12.8. The molecular weight excluding hydrogens is 436 g/mol. The van der Waals surface area contributed by atoms with Crippen LogP contribution in [0.25, 0.3) is 0 Å². The highest BCUT2D eigenvalue weighted by molar-refractivity contribution is 5.36. The summed E-state index contributed by atoms with van der Waals surface area (Å²) < 4.78 is 18.9. The molecule has 2 aromatic rings. The molecule has 0 aliphatic carbocycles. The van der Waals surface area contributed by atoms with Crippen molar-refractivity contribution in [2.45, 2.75) is 51.7 Å². The zero-order valence-electron chi connectivity index (χ0n) is 23.7. The Hall–Kier alpha value is -2.08. The van der Waals surface area contributed by atoms with Crippen molar-refractivity contribution in [1.82, 2.24) is 9.80 Å². The first-order valence-corrected chi connectivity index (χ1v) is 12.9. The Balaban J connectivity index is 2.81. The summed E-state index contributed by atoms with van der Waals surface area (Å²) in [7, 11) is 12.0. The van der Waals surface area contributed by atoms with Gasteiger partial charge in [0.25, 0.3) is 0 Å². The van der Waals surface area contributed by atoms with Crippen LogP contribution in [0.1, 0.15) is 51.7 Å². The van der Waals surface area contributed by atoms with Crippen molar-refractivity contribution in [3.05, 3.63) is 59.7 Å². The summed E-state index contributed by atoms with van der Waals surface area (Å²) in [6, 6.07) is 16.9. The lowest BCUT2D eigenvalue weighted by atomic mass is 9.74. The minimum atomic E-state index is -0.515. The van der Waals surface area contributed by atoms with Gasteiger partial charge in [-0.2, -0.15) is 0 Å². The zero-order chi connectivity index (χ0) is 26.2. The van der Waals surface area contributed by atoms with E-state index in [1.807, 2.05) is 12.1 Å². The van der Waals surface area contributed by atoms with E-state index < -0.39 is 11.2 Å². The smallest absolute Gasteiger partial charge is 0.119 e. The first-order chi connectivity index (χ1) is 16.6. The van der Waals surface area contributed by atoms with Gasteiger partial charge in [0.2, 0.25) is 0 Å². The fraction of sp³-hybridized carbons (Fsp3) is 0.600. The van der Waals surface area contributed by atoms with E-state index in [1.54, 1.807) is 14.2 Å². The second-order valence-electron chi connectivity index (χ2n) is 10.4. The number of ether oxygens (including phenoxy) is 3. The van der Waals surface area contributed by atoms with E-state index in [4.69, 9.17) is 14.2 Å². The van der Waals surface area contributed by atoms with E-state index >= 15 is 0 Å². The molecule has 0 saturated carbocycles. The summed E-state index contributed by atoms with van der Waals surface area (Å²) in [5, 5.41) is 0. The van der Waals surface area contributed by atoms with Gasteiger partial charge in [0.1, 0.15) is 11.5 Å². The Labute approximate surface area is 214 Å². The molecule has 0 fully saturated rings. The van der Waals surface area contributed by atoms with Crippen LogP contribution in [0.3, 0.4) is 0 Å². The van der Waals surface area contributed by atoms with E-state index in [0.29, 0.717) is 0 Å². The Kier molecular flexibility index (Phi) is 10.6. The van der Waals surface area contributed by atoms with Crippen LogP contribution < -0.4 is 9.47 Å². The summed E-state index contributed by atoms with van der Waals surface area (Å²) >= 11 is 0. The molecule has 0 radical (unpaired) electrons. The van der Waals surface area contributed by atoms with Gasteiger partial charge in [-0.05, 0) is 76.4 Å². The van der Waals surface area contributed by atoms with Gasteiger partial charge >= 0.3 is 0 Å². The average Bonchev–Trinajstić information content (AvgIpc) is 2.84. The van der Waals surface area contributed by atoms with Crippen LogP contribution in [0.2, 0.25) is 0 Å². The Morgan fingerprint density at radius 3 is 1.34 bits per heavy atom. The van der Waals surface area contributed by atoms with E-state index in [-0.39, 0.29) is 11.8 Å². The summed E-state index contributed by atoms with van der Waals surface area (Å²) in [5.41, 5.74) is 1.29. The highest BCUT2D eigenvalue weighted by atomic mass is 16.5. The lowest BCUT2D eigenvalue weighted by Crippen LogP contribution is -2.51. The number of methoxy groups -OCH3 is 2. The predicted molar refractivity (Wildman–Crippen MR) is 146 cm³/mol. The number of rotatable bonds is 14. The maximum absolute atomic E-state index is 7.66. The normalized spacial score (nSPS) is 17.0. The lowest BCUT2D eigenvalue weighted by molar-refractivity contribution is -0.220. The second-order valence-corrected chi connectivity index (χ2v) is 10.4. The van der Waals surface area contributed by atoms with Crippen LogP contribution in [0, 0.1) is 11.8 Å². The highest BCUT2D eigenvalue weighted by Gasteiger charge is 2.48. The van der Waals surface area contributed by atoms with Crippen LogP contribution in [0.15, 0.2) is 48.5 Å². The van der Waals surface area contributed by atoms with Gasteiger partial charge in [-0.1, -0.05) is 52.0 Å². The first kappa shape index (κ1) is 29.2. The van der Waals surface area contributed by atoms with Gasteiger partial charge in [0.05, 0.1) is 25.4 Å². The molecule has 0 spiro atoms. The third kappa shape index (κ3) is 6.58. The maximum Gasteiger partial charge on any atom is 0.119 e. The molecule has 5 heteroatoms. The van der Waals surface area contributed by atoms with Gasteiger partial charge in [0.15, 0.2) is 0 Å². The van der Waals surface area contributed by atoms with Gasteiger partial charge in [-0.15, -0.1) is 0 Å². The Bertz CT molecular complexity index is 842. The minimum absolute atomic E-state index is 0.234. The van der Waals surface area contributed by atoms with E-state index in [2.05, 4.69) is 102 Å². The fourth-order valence-corrected chi connectivity index (χ4v) is 5.63. The molecule has 4 atom stereocenters. The molecule has 0 bridgehead atoms. The molecule has 0 amide bonds. The highest BCUT2D eigenvalue weighted by Crippen LogP contribution is 2.49. The van der Waals surface area contributed by atoms with Crippen molar-refractivity contribution >= 4 is 0 Å². The topological polar surface area (TPSA) is 34.2 Å². The van der Waals surface area contributed by atoms with Crippen molar-refractivity contribution in [2.75, 3.05) is 55.5 Å². The average molecular weight is 485 g/mol. The van der Waals surface area contributed by atoms with Crippen LogP contribution in [-0.4, -0.2) is 65.3 Å². The number of nitrogens with zero attached hydrogens (tertiary/aromatic N) is 2. The summed E-state index contributed by atoms with van der Waals surface area (Å²) in [6.07, 6.45) is 1.69. The standard InChI is InChI=1S/C30H48N2O3/c1-11-29(23(3)21-31(5)6,25-15-13-17-27(19-25)33-9)35-30(12-2,24(4)22-32(7)8)26-16-14-18-28(20-26)34-10/h13-20,23-24H,11-12,21-22H2,1-10H3. The fourth-order valence-electron chi connectivity index (χ4n) is 5.63. The van der Waals surface area contributed by atoms with Crippen LogP contribution in [0.4, 0.5) is 0 Å². The van der Waals surface area contributed by atoms with E-state index in [1.165, 1.54) is 0 Å². The third-order valence-electron chi connectivity index (χ3n) is 7.40. The van der Waals surface area contributed by atoms with E-state index in [9.17, 15) is 0 Å². The Morgan fingerprint density at radius 2 is 1.06 bits per heavy atom. The number of benzene rings is 2. The zero-order valence-corrected chi connectivity index (χ0v) is 23.7. The molecule has 0 N–H and O–H groups in total. The van der Waals surface area contributed by atoms with Crippen molar-refractivity contribution in [2.24, 2.45) is 11.8 Å². The quantitative estimate of drug-likeness (QED) is 0.327. The third-order valence-corrected chi connectivity index (χ3v) is 7.40. The molecule has 0 aliphatic heterocycles. The molecule has 2 rings (SSSR count). The van der Waals surface area contributed by atoms with Gasteiger partial charge in [0, 0.05) is 24.9 Å². The van der Waals surface area contributed by atoms with Crippen molar-refractivity contribution in [3.63, 3.8) is 0 Å². The van der Waals surface area contributed by atoms with Crippen LogP contribution >= 0.6 is 0 Å². The molecule has 2 aromatic carbocycles. The van der Waals surface area contributed by atoms with Gasteiger partial charge in [-0.3, -0.25) is 0 Å². The van der Waals surface area contributed by atoms with Gasteiger partial charge < -0.3 is 24.0 Å². The predicted octanol–water partition coefficient (Wildman–Crippen LogP) is 6.03. The lowest BCUT2D eigenvalue weighted by Gasteiger charge is -2.50. The van der Waals surface area contributed by atoms with Crippen LogP contribution in [-0.2, 0) is 15.9 Å². The molecule has 196 valence electrons. The van der Waals surface area contributed by atoms with Crippen molar-refractivity contribution in [3.8, 4) is 11.5 Å². The molecule has 5 nitrogen and oxygen atoms in total. The largest absolute Gasteiger partial charge is 0.497 e. The van der Waals surface area contributed by atoms with Crippen LogP contribution in [0.5, 0.6) is 11.5 Å². The van der Waals surface area contributed by atoms with Gasteiger partial charge in [-0.25, -0.2) is 0 Å². The Morgan fingerprint density at radius 1 is 0.686 bits per heavy atom. The SMILES string of the molecule is CCC(OC(CC)(c1cccc(OC)c1)C(C)CN(C)C)(c1cccc(OC)c1)C(C)CN(C)C. The maximum atomic E-state index is 7.66. The monoisotopic (exact) mass is 484 g/mol. The summed E-state index contributed by atoms with van der Waals surface area (Å²) in [4.78, 5) is 4.50. The molecule has 0 aromatic heterocycles. The number of hydrogen-bond acceptors (Lipinski definition) is 5. The summed E-state index contributed by atoms with van der Waals surface area (Å²) in [6.45, 7) is 10.9. The molecule has 35 heavy (non-hydrogen) atoms.